The highest BCUT2D eigenvalue weighted by atomic mass is 35.5. The lowest BCUT2D eigenvalue weighted by molar-refractivity contribution is 0.773. The Morgan fingerprint density at radius 1 is 0.818 bits per heavy atom. The Bertz CT molecular complexity index is 403. The first-order valence-corrected chi connectivity index (χ1v) is 6.52. The van der Waals surface area contributed by atoms with Crippen molar-refractivity contribution in [2.45, 2.75) is 39.8 Å². The lowest BCUT2D eigenvalue weighted by Crippen LogP contribution is -2.27. The topological polar surface area (TPSA) is 101 Å². The van der Waals surface area contributed by atoms with Crippen molar-refractivity contribution >= 4 is 36.5 Å². The number of nitrogens with zero attached hydrogens (tertiary/aromatic N) is 4. The number of azo groups is 1. The molecule has 0 spiro atoms. The zero-order chi connectivity index (χ0) is 15.7. The van der Waals surface area contributed by atoms with Gasteiger partial charge >= 0.3 is 0 Å². The number of aliphatic imine (C=N–C) groups is 2. The summed E-state index contributed by atoms with van der Waals surface area (Å²) in [7, 11) is 0. The summed E-state index contributed by atoms with van der Waals surface area (Å²) < 4.78 is 0. The van der Waals surface area contributed by atoms with Crippen LogP contribution in [0.1, 0.15) is 27.7 Å². The molecule has 0 aliphatic heterocycles. The Labute approximate surface area is 145 Å². The molecule has 2 atom stereocenters. The highest BCUT2D eigenvalue weighted by Gasteiger charge is 2.08. The van der Waals surface area contributed by atoms with Gasteiger partial charge in [0.1, 0.15) is 23.8 Å². The Morgan fingerprint density at radius 3 is 1.32 bits per heavy atom. The van der Waals surface area contributed by atoms with Crippen molar-refractivity contribution in [1.29, 1.82) is 0 Å². The maximum absolute atomic E-state index is 5.81. The molecule has 0 fully saturated rings. The summed E-state index contributed by atoms with van der Waals surface area (Å²) in [5.41, 5.74) is 13.5. The SMILES string of the molecule is C=C(C)CN=C(N)C(C)N=NC(C)C(N)=NCC(=C)C.Cl.Cl. The Morgan fingerprint density at radius 2 is 1.09 bits per heavy atom. The van der Waals surface area contributed by atoms with Crippen LogP contribution in [-0.2, 0) is 0 Å². The van der Waals surface area contributed by atoms with E-state index in [-0.39, 0.29) is 36.9 Å². The molecular formula is C14H28Cl2N6. The summed E-state index contributed by atoms with van der Waals surface area (Å²) in [5.74, 6) is 0.864. The van der Waals surface area contributed by atoms with Crippen molar-refractivity contribution in [3.63, 3.8) is 0 Å². The van der Waals surface area contributed by atoms with E-state index in [1.807, 2.05) is 27.7 Å². The van der Waals surface area contributed by atoms with E-state index in [9.17, 15) is 0 Å². The van der Waals surface area contributed by atoms with Gasteiger partial charge in [-0.1, -0.05) is 24.3 Å². The summed E-state index contributed by atoms with van der Waals surface area (Å²) in [4.78, 5) is 8.35. The fraction of sp³-hybridized carbons (Fsp3) is 0.571. The van der Waals surface area contributed by atoms with Gasteiger partial charge in [-0.3, -0.25) is 9.98 Å². The quantitative estimate of drug-likeness (QED) is 0.304. The molecule has 0 saturated carbocycles. The molecule has 0 radical (unpaired) electrons. The molecule has 0 aromatic carbocycles. The molecule has 0 aliphatic rings. The average Bonchev–Trinajstić information content (AvgIpc) is 2.38. The van der Waals surface area contributed by atoms with Gasteiger partial charge in [-0.15, -0.1) is 24.8 Å². The number of hydrogen-bond acceptors (Lipinski definition) is 4. The average molecular weight is 351 g/mol. The van der Waals surface area contributed by atoms with E-state index >= 15 is 0 Å². The molecule has 0 aromatic heterocycles. The molecule has 0 amide bonds. The van der Waals surface area contributed by atoms with Gasteiger partial charge in [0.2, 0.25) is 0 Å². The largest absolute Gasteiger partial charge is 0.386 e. The highest BCUT2D eigenvalue weighted by Crippen LogP contribution is 1.99. The molecule has 128 valence electrons. The minimum Gasteiger partial charge on any atom is -0.386 e. The third-order valence-electron chi connectivity index (χ3n) is 2.33. The molecule has 2 unspecified atom stereocenters. The molecule has 4 N–H and O–H groups in total. The van der Waals surface area contributed by atoms with Crippen LogP contribution in [0.5, 0.6) is 0 Å². The van der Waals surface area contributed by atoms with Crippen molar-refractivity contribution in [1.82, 2.24) is 0 Å². The molecule has 0 aromatic rings. The number of amidine groups is 2. The van der Waals surface area contributed by atoms with Crippen LogP contribution >= 0.6 is 24.8 Å². The molecule has 0 saturated heterocycles. The number of nitrogens with two attached hydrogens (primary N) is 2. The van der Waals surface area contributed by atoms with Crippen molar-refractivity contribution < 1.29 is 0 Å². The molecule has 0 bridgehead atoms. The summed E-state index contributed by atoms with van der Waals surface area (Å²) >= 11 is 0. The molecule has 0 rings (SSSR count). The first kappa shape index (κ1) is 25.5. The normalized spacial score (nSPS) is 14.7. The van der Waals surface area contributed by atoms with Gasteiger partial charge in [-0.2, -0.15) is 10.2 Å². The van der Waals surface area contributed by atoms with Crippen LogP contribution in [-0.4, -0.2) is 36.8 Å². The highest BCUT2D eigenvalue weighted by molar-refractivity contribution is 5.86. The Balaban J connectivity index is -0.00000180. The van der Waals surface area contributed by atoms with E-state index in [2.05, 4.69) is 33.4 Å². The predicted molar refractivity (Wildman–Crippen MR) is 101 cm³/mol. The predicted octanol–water partition coefficient (Wildman–Crippen LogP) is 2.93. The third-order valence-corrected chi connectivity index (χ3v) is 2.33. The number of rotatable bonds is 8. The van der Waals surface area contributed by atoms with Crippen molar-refractivity contribution in [2.24, 2.45) is 31.7 Å². The molecular weight excluding hydrogens is 323 g/mol. The lowest BCUT2D eigenvalue weighted by atomic mass is 10.3. The van der Waals surface area contributed by atoms with Crippen LogP contribution in [0.15, 0.2) is 44.5 Å². The maximum atomic E-state index is 5.81. The second kappa shape index (κ2) is 13.3. The van der Waals surface area contributed by atoms with E-state index in [0.717, 1.165) is 11.1 Å². The van der Waals surface area contributed by atoms with E-state index in [0.29, 0.717) is 24.8 Å². The minimum absolute atomic E-state index is 0. The molecule has 8 heteroatoms. The zero-order valence-electron chi connectivity index (χ0n) is 13.7. The summed E-state index contributed by atoms with van der Waals surface area (Å²) in [6.45, 7) is 16.0. The Kier molecular flexibility index (Phi) is 15.4. The fourth-order valence-electron chi connectivity index (χ4n) is 1.04. The van der Waals surface area contributed by atoms with Crippen LogP contribution in [0.25, 0.3) is 0 Å². The second-order valence-corrected chi connectivity index (χ2v) is 4.98. The zero-order valence-corrected chi connectivity index (χ0v) is 15.4. The van der Waals surface area contributed by atoms with E-state index in [4.69, 9.17) is 11.5 Å². The summed E-state index contributed by atoms with van der Waals surface area (Å²) in [6.07, 6.45) is 0. The minimum atomic E-state index is -0.286. The molecule has 22 heavy (non-hydrogen) atoms. The number of halogens is 2. The maximum Gasteiger partial charge on any atom is 0.125 e. The lowest BCUT2D eigenvalue weighted by Gasteiger charge is -2.08. The van der Waals surface area contributed by atoms with Gasteiger partial charge in [-0.05, 0) is 27.7 Å². The van der Waals surface area contributed by atoms with Crippen LogP contribution in [0, 0.1) is 0 Å². The second-order valence-electron chi connectivity index (χ2n) is 4.98. The third kappa shape index (κ3) is 12.3. The van der Waals surface area contributed by atoms with Gasteiger partial charge in [0.25, 0.3) is 0 Å². The van der Waals surface area contributed by atoms with E-state index in [1.165, 1.54) is 0 Å². The molecule has 6 nitrogen and oxygen atoms in total. The van der Waals surface area contributed by atoms with E-state index in [1.54, 1.807) is 0 Å². The Hall–Kier alpha value is -1.40. The van der Waals surface area contributed by atoms with Crippen LogP contribution in [0.2, 0.25) is 0 Å². The van der Waals surface area contributed by atoms with Gasteiger partial charge in [0.15, 0.2) is 0 Å². The fourth-order valence-corrected chi connectivity index (χ4v) is 1.04. The van der Waals surface area contributed by atoms with Gasteiger partial charge in [-0.25, -0.2) is 0 Å². The van der Waals surface area contributed by atoms with Gasteiger partial charge < -0.3 is 11.5 Å². The summed E-state index contributed by atoms with van der Waals surface area (Å²) in [5, 5.41) is 8.21. The molecule has 0 aliphatic carbocycles. The van der Waals surface area contributed by atoms with Crippen LogP contribution in [0.4, 0.5) is 0 Å². The monoisotopic (exact) mass is 350 g/mol. The van der Waals surface area contributed by atoms with Crippen molar-refractivity contribution in [3.05, 3.63) is 24.3 Å². The molecule has 0 heterocycles. The van der Waals surface area contributed by atoms with Gasteiger partial charge in [0.05, 0.1) is 13.1 Å². The summed E-state index contributed by atoms with van der Waals surface area (Å²) in [6, 6.07) is -0.573. The smallest absolute Gasteiger partial charge is 0.125 e. The number of hydrogen-bond donors (Lipinski definition) is 2. The van der Waals surface area contributed by atoms with Crippen LogP contribution in [0.3, 0.4) is 0 Å². The van der Waals surface area contributed by atoms with E-state index < -0.39 is 0 Å². The van der Waals surface area contributed by atoms with Crippen molar-refractivity contribution in [3.8, 4) is 0 Å². The van der Waals surface area contributed by atoms with Crippen molar-refractivity contribution in [2.75, 3.05) is 13.1 Å². The van der Waals surface area contributed by atoms with Crippen LogP contribution < -0.4 is 11.5 Å². The van der Waals surface area contributed by atoms with Gasteiger partial charge in [0, 0.05) is 0 Å². The first-order valence-electron chi connectivity index (χ1n) is 6.52. The first-order chi connectivity index (χ1) is 9.23. The standard InChI is InChI=1S/C14H26N6.2ClH/c1-9(2)7-17-13(15)11(5)19-20-12(6)14(16)18-8-10(3)4;;/h11-12H,1,3,7-8H2,2,4-6H3,(H2,15,17)(H2,16,18);2*1H.